The molecule has 0 saturated carbocycles. The molecule has 0 radical (unpaired) electrons. The van der Waals surface area contributed by atoms with Crippen LogP contribution >= 0.6 is 0 Å². The monoisotopic (exact) mass is 332 g/mol. The Morgan fingerprint density at radius 3 is 2.92 bits per heavy atom. The maximum Gasteiger partial charge on any atom is 0.240 e. The minimum atomic E-state index is -0.489. The first-order valence-electron chi connectivity index (χ1n) is 8.38. The van der Waals surface area contributed by atoms with Crippen molar-refractivity contribution in [3.8, 4) is 0 Å². The highest BCUT2D eigenvalue weighted by molar-refractivity contribution is 5.08. The van der Waals surface area contributed by atoms with Crippen LogP contribution in [0.5, 0.6) is 0 Å². The van der Waals surface area contributed by atoms with E-state index in [9.17, 15) is 5.11 Å². The lowest BCUT2D eigenvalue weighted by atomic mass is 9.89. The molecule has 1 aliphatic heterocycles. The van der Waals surface area contributed by atoms with Crippen molar-refractivity contribution in [3.05, 3.63) is 41.8 Å². The molecule has 0 aromatic carbocycles. The summed E-state index contributed by atoms with van der Waals surface area (Å²) in [6.45, 7) is 3.07. The van der Waals surface area contributed by atoms with Gasteiger partial charge in [-0.2, -0.15) is 4.98 Å². The van der Waals surface area contributed by atoms with Gasteiger partial charge in [0.15, 0.2) is 5.82 Å². The number of rotatable bonds is 7. The SMILES string of the molecule is COCCc1noc(CN2CCC([C@H](O)c3ccccn3)CC2)n1. The fraction of sp³-hybridized carbons (Fsp3) is 0.588. The summed E-state index contributed by atoms with van der Waals surface area (Å²) in [5, 5.41) is 14.4. The predicted molar refractivity (Wildman–Crippen MR) is 87.1 cm³/mol. The van der Waals surface area contributed by atoms with E-state index in [1.54, 1.807) is 13.3 Å². The molecular weight excluding hydrogens is 308 g/mol. The zero-order valence-corrected chi connectivity index (χ0v) is 14.0. The molecule has 1 N–H and O–H groups in total. The summed E-state index contributed by atoms with van der Waals surface area (Å²) >= 11 is 0. The third-order valence-electron chi connectivity index (χ3n) is 4.47. The molecular formula is C17H24N4O3. The molecule has 0 amide bonds. The van der Waals surface area contributed by atoms with Crippen molar-refractivity contribution in [2.24, 2.45) is 5.92 Å². The van der Waals surface area contributed by atoms with Gasteiger partial charge in [-0.05, 0) is 44.0 Å². The average Bonchev–Trinajstić information content (AvgIpc) is 3.08. The summed E-state index contributed by atoms with van der Waals surface area (Å²) < 4.78 is 10.3. The minimum Gasteiger partial charge on any atom is -0.387 e. The van der Waals surface area contributed by atoms with Gasteiger partial charge in [-0.15, -0.1) is 0 Å². The molecule has 24 heavy (non-hydrogen) atoms. The molecule has 1 saturated heterocycles. The van der Waals surface area contributed by atoms with E-state index >= 15 is 0 Å². The number of hydrogen-bond donors (Lipinski definition) is 1. The number of ether oxygens (including phenoxy) is 1. The number of aliphatic hydroxyl groups excluding tert-OH is 1. The first kappa shape index (κ1) is 17.0. The van der Waals surface area contributed by atoms with Crippen LogP contribution < -0.4 is 0 Å². The first-order valence-corrected chi connectivity index (χ1v) is 8.38. The van der Waals surface area contributed by atoms with E-state index < -0.39 is 6.10 Å². The van der Waals surface area contributed by atoms with Gasteiger partial charge in [-0.1, -0.05) is 11.2 Å². The largest absolute Gasteiger partial charge is 0.387 e. The van der Waals surface area contributed by atoms with Gasteiger partial charge in [0.1, 0.15) is 0 Å². The zero-order chi connectivity index (χ0) is 16.8. The van der Waals surface area contributed by atoms with Crippen molar-refractivity contribution < 1.29 is 14.4 Å². The Morgan fingerprint density at radius 2 is 2.21 bits per heavy atom. The van der Waals surface area contributed by atoms with Gasteiger partial charge in [0.2, 0.25) is 5.89 Å². The second-order valence-corrected chi connectivity index (χ2v) is 6.16. The standard InChI is InChI=1S/C17H24N4O3/c1-23-11-7-15-19-16(24-20-15)12-21-9-5-13(6-10-21)17(22)14-4-2-3-8-18-14/h2-4,8,13,17,22H,5-7,9-12H2,1H3/t17-/m0/s1. The second-order valence-electron chi connectivity index (χ2n) is 6.16. The van der Waals surface area contributed by atoms with Gasteiger partial charge >= 0.3 is 0 Å². The number of hydrogen-bond acceptors (Lipinski definition) is 7. The summed E-state index contributed by atoms with van der Waals surface area (Å²) in [7, 11) is 1.66. The smallest absolute Gasteiger partial charge is 0.240 e. The van der Waals surface area contributed by atoms with Crippen LogP contribution in [0, 0.1) is 5.92 Å². The molecule has 7 nitrogen and oxygen atoms in total. The number of methoxy groups -OCH3 is 1. The third kappa shape index (κ3) is 4.37. The minimum absolute atomic E-state index is 0.246. The third-order valence-corrected chi connectivity index (χ3v) is 4.47. The van der Waals surface area contributed by atoms with Crippen LogP contribution in [0.25, 0.3) is 0 Å². The highest BCUT2D eigenvalue weighted by Crippen LogP contribution is 2.30. The number of piperidine rings is 1. The second kappa shape index (κ2) is 8.32. The molecule has 3 heterocycles. The topological polar surface area (TPSA) is 84.5 Å². The lowest BCUT2D eigenvalue weighted by molar-refractivity contribution is 0.0511. The normalized spacial score (nSPS) is 17.9. The van der Waals surface area contributed by atoms with E-state index in [2.05, 4.69) is 20.0 Å². The summed E-state index contributed by atoms with van der Waals surface area (Å²) in [5.74, 6) is 1.58. The molecule has 7 heteroatoms. The Bertz CT molecular complexity index is 611. The maximum absolute atomic E-state index is 10.5. The van der Waals surface area contributed by atoms with Crippen molar-refractivity contribution >= 4 is 0 Å². The van der Waals surface area contributed by atoms with E-state index in [-0.39, 0.29) is 5.92 Å². The molecule has 1 atom stereocenters. The van der Waals surface area contributed by atoms with Crippen molar-refractivity contribution in [2.45, 2.75) is 31.9 Å². The van der Waals surface area contributed by atoms with Crippen LogP contribution in [-0.4, -0.2) is 51.9 Å². The number of nitrogens with zero attached hydrogens (tertiary/aromatic N) is 4. The fourth-order valence-corrected chi connectivity index (χ4v) is 3.06. The maximum atomic E-state index is 10.5. The van der Waals surface area contributed by atoms with Gasteiger partial charge in [0, 0.05) is 19.7 Å². The molecule has 0 unspecified atom stereocenters. The molecule has 0 aliphatic carbocycles. The number of aromatic nitrogens is 3. The Kier molecular flexibility index (Phi) is 5.90. The summed E-state index contributed by atoms with van der Waals surface area (Å²) in [6, 6.07) is 5.67. The number of likely N-dealkylation sites (tertiary alicyclic amines) is 1. The number of aliphatic hydroxyl groups is 1. The Balaban J connectivity index is 1.47. The Morgan fingerprint density at radius 1 is 1.38 bits per heavy atom. The zero-order valence-electron chi connectivity index (χ0n) is 14.0. The van der Waals surface area contributed by atoms with E-state index in [0.717, 1.165) is 31.6 Å². The Labute approximate surface area is 141 Å². The van der Waals surface area contributed by atoms with Gasteiger partial charge in [0.05, 0.1) is 24.9 Å². The van der Waals surface area contributed by atoms with Gasteiger partial charge in [-0.25, -0.2) is 0 Å². The summed E-state index contributed by atoms with van der Waals surface area (Å²) in [6.07, 6.45) is 3.77. The van der Waals surface area contributed by atoms with Crippen LogP contribution in [0.4, 0.5) is 0 Å². The van der Waals surface area contributed by atoms with E-state index in [1.807, 2.05) is 18.2 Å². The van der Waals surface area contributed by atoms with Crippen molar-refractivity contribution in [1.82, 2.24) is 20.0 Å². The summed E-state index contributed by atoms with van der Waals surface area (Å²) in [5.41, 5.74) is 0.760. The molecule has 2 aromatic rings. The first-order chi connectivity index (χ1) is 11.8. The molecule has 0 bridgehead atoms. The lowest BCUT2D eigenvalue weighted by Crippen LogP contribution is -2.35. The summed E-state index contributed by atoms with van der Waals surface area (Å²) in [4.78, 5) is 10.9. The van der Waals surface area contributed by atoms with E-state index in [4.69, 9.17) is 9.26 Å². The van der Waals surface area contributed by atoms with Crippen molar-refractivity contribution in [1.29, 1.82) is 0 Å². The predicted octanol–water partition coefficient (Wildman–Crippen LogP) is 1.60. The van der Waals surface area contributed by atoms with Gasteiger partial charge in [0.25, 0.3) is 0 Å². The van der Waals surface area contributed by atoms with E-state index in [0.29, 0.717) is 31.3 Å². The van der Waals surface area contributed by atoms with Crippen molar-refractivity contribution in [3.63, 3.8) is 0 Å². The molecule has 3 rings (SSSR count). The van der Waals surface area contributed by atoms with Crippen LogP contribution in [0.15, 0.2) is 28.9 Å². The molecule has 0 spiro atoms. The lowest BCUT2D eigenvalue weighted by Gasteiger charge is -2.33. The molecule has 130 valence electrons. The van der Waals surface area contributed by atoms with Gasteiger partial charge in [-0.3, -0.25) is 9.88 Å². The molecule has 2 aromatic heterocycles. The number of pyridine rings is 1. The fourth-order valence-electron chi connectivity index (χ4n) is 3.06. The quantitative estimate of drug-likeness (QED) is 0.824. The van der Waals surface area contributed by atoms with Crippen molar-refractivity contribution in [2.75, 3.05) is 26.8 Å². The van der Waals surface area contributed by atoms with Crippen LogP contribution in [0.2, 0.25) is 0 Å². The van der Waals surface area contributed by atoms with E-state index in [1.165, 1.54) is 0 Å². The highest BCUT2D eigenvalue weighted by Gasteiger charge is 2.27. The average molecular weight is 332 g/mol. The highest BCUT2D eigenvalue weighted by atomic mass is 16.5. The van der Waals surface area contributed by atoms with Crippen LogP contribution in [0.1, 0.15) is 36.4 Å². The van der Waals surface area contributed by atoms with Crippen LogP contribution in [0.3, 0.4) is 0 Å². The van der Waals surface area contributed by atoms with Crippen LogP contribution in [-0.2, 0) is 17.7 Å². The van der Waals surface area contributed by atoms with Gasteiger partial charge < -0.3 is 14.4 Å². The molecule has 1 fully saturated rings. The molecule has 1 aliphatic rings. The Hall–Kier alpha value is -1.83.